The zero-order valence-corrected chi connectivity index (χ0v) is 29.0. The Hall–Kier alpha value is -5.84. The highest BCUT2D eigenvalue weighted by molar-refractivity contribution is 7.25. The highest BCUT2D eigenvalue weighted by Gasteiger charge is 2.37. The number of fused-ring (bicyclic) bond motifs is 9. The van der Waals surface area contributed by atoms with Crippen LogP contribution in [-0.2, 0) is 6.42 Å². The molecule has 0 radical (unpaired) electrons. The molecule has 51 heavy (non-hydrogen) atoms. The van der Waals surface area contributed by atoms with Gasteiger partial charge in [0.15, 0.2) is 0 Å². The molecule has 242 valence electrons. The monoisotopic (exact) mass is 671 g/mol. The molecule has 0 saturated heterocycles. The highest BCUT2D eigenvalue weighted by Crippen LogP contribution is 2.50. The van der Waals surface area contributed by atoms with Gasteiger partial charge in [0.25, 0.3) is 0 Å². The molecule has 2 aromatic heterocycles. The molecule has 2 atom stereocenters. The predicted octanol–water partition coefficient (Wildman–Crippen LogP) is 12.5. The van der Waals surface area contributed by atoms with Crippen LogP contribution in [0.3, 0.4) is 0 Å². The van der Waals surface area contributed by atoms with Crippen molar-refractivity contribution in [2.75, 3.05) is 4.90 Å². The van der Waals surface area contributed by atoms with E-state index >= 15 is 0 Å². The maximum atomic E-state index is 5.48. The van der Waals surface area contributed by atoms with E-state index < -0.39 is 0 Å². The highest BCUT2D eigenvalue weighted by atomic mass is 32.1. The second kappa shape index (κ2) is 11.1. The molecule has 4 heteroatoms. The first-order valence-corrected chi connectivity index (χ1v) is 18.7. The number of thiophene rings is 1. The zero-order valence-electron chi connectivity index (χ0n) is 28.2. The van der Waals surface area contributed by atoms with E-state index in [0.717, 1.165) is 45.7 Å². The molecule has 0 bridgehead atoms. The molecule has 0 fully saturated rings. The SMILES string of the molecule is CC1CC=Cc2ccc(-c3nc4c(nc3-c3cccc5cc(N6c7ccccc7C7=Cc8ccccc8CC76)ccc35)sc3ccccc34)cc21. The summed E-state index contributed by atoms with van der Waals surface area (Å²) >= 11 is 1.73. The van der Waals surface area contributed by atoms with E-state index in [1.165, 1.54) is 65.6 Å². The van der Waals surface area contributed by atoms with Crippen LogP contribution in [0.1, 0.15) is 47.1 Å². The molecule has 3 aliphatic rings. The van der Waals surface area contributed by atoms with Gasteiger partial charge in [0, 0.05) is 38.2 Å². The van der Waals surface area contributed by atoms with Crippen LogP contribution in [0.25, 0.3) is 71.4 Å². The average Bonchev–Trinajstić information content (AvgIpc) is 3.70. The molecule has 1 aliphatic heterocycles. The van der Waals surface area contributed by atoms with Gasteiger partial charge in [-0.15, -0.1) is 11.3 Å². The summed E-state index contributed by atoms with van der Waals surface area (Å²) in [5, 5.41) is 3.55. The molecule has 2 unspecified atom stereocenters. The third-order valence-corrected chi connectivity index (χ3v) is 12.3. The first-order chi connectivity index (χ1) is 25.2. The van der Waals surface area contributed by atoms with Gasteiger partial charge in [-0.05, 0) is 93.8 Å². The van der Waals surface area contributed by atoms with E-state index in [2.05, 4.69) is 157 Å². The van der Waals surface area contributed by atoms with E-state index in [0.29, 0.717) is 5.92 Å². The van der Waals surface area contributed by atoms with Gasteiger partial charge in [-0.25, -0.2) is 9.97 Å². The molecule has 3 nitrogen and oxygen atoms in total. The summed E-state index contributed by atoms with van der Waals surface area (Å²) in [6.45, 7) is 2.32. The number of nitrogens with zero attached hydrogens (tertiary/aromatic N) is 3. The molecule has 0 saturated carbocycles. The quantitative estimate of drug-likeness (QED) is 0.187. The zero-order chi connectivity index (χ0) is 33.6. The van der Waals surface area contributed by atoms with Crippen LogP contribution in [0.5, 0.6) is 0 Å². The largest absolute Gasteiger partial charge is 0.333 e. The van der Waals surface area contributed by atoms with Gasteiger partial charge in [0.1, 0.15) is 10.3 Å². The van der Waals surface area contributed by atoms with Crippen molar-refractivity contribution in [2.45, 2.75) is 31.7 Å². The van der Waals surface area contributed by atoms with Crippen LogP contribution in [0.15, 0.2) is 133 Å². The van der Waals surface area contributed by atoms with Crippen molar-refractivity contribution < 1.29 is 0 Å². The van der Waals surface area contributed by atoms with Crippen LogP contribution in [0.4, 0.5) is 11.4 Å². The molecule has 6 aromatic carbocycles. The number of benzene rings is 6. The Balaban J connectivity index is 1.09. The van der Waals surface area contributed by atoms with E-state index in [9.17, 15) is 0 Å². The van der Waals surface area contributed by atoms with Gasteiger partial charge in [-0.3, -0.25) is 0 Å². The summed E-state index contributed by atoms with van der Waals surface area (Å²) < 4.78 is 1.21. The summed E-state index contributed by atoms with van der Waals surface area (Å²) in [6, 6.07) is 47.0. The number of para-hydroxylation sites is 1. The second-order valence-electron chi connectivity index (χ2n) is 14.2. The number of hydrogen-bond acceptors (Lipinski definition) is 4. The Morgan fingerprint density at radius 2 is 1.57 bits per heavy atom. The topological polar surface area (TPSA) is 29.0 Å². The maximum Gasteiger partial charge on any atom is 0.143 e. The summed E-state index contributed by atoms with van der Waals surface area (Å²) in [5.41, 5.74) is 15.7. The first kappa shape index (κ1) is 28.9. The summed E-state index contributed by atoms with van der Waals surface area (Å²) in [6.07, 6.45) is 8.99. The van der Waals surface area contributed by atoms with Crippen molar-refractivity contribution in [2.24, 2.45) is 0 Å². The molecule has 0 spiro atoms. The lowest BCUT2D eigenvalue weighted by atomic mass is 9.86. The fraction of sp³-hybridized carbons (Fsp3) is 0.106. The number of allylic oxidation sites excluding steroid dienone is 1. The van der Waals surface area contributed by atoms with E-state index in [4.69, 9.17) is 9.97 Å². The fourth-order valence-corrected chi connectivity index (χ4v) is 9.73. The first-order valence-electron chi connectivity index (χ1n) is 17.9. The summed E-state index contributed by atoms with van der Waals surface area (Å²) in [5.74, 6) is 0.465. The molecule has 2 aliphatic carbocycles. The van der Waals surface area contributed by atoms with Gasteiger partial charge in [-0.2, -0.15) is 0 Å². The minimum atomic E-state index is 0.256. The van der Waals surface area contributed by atoms with E-state index in [-0.39, 0.29) is 6.04 Å². The van der Waals surface area contributed by atoms with Gasteiger partial charge < -0.3 is 4.90 Å². The van der Waals surface area contributed by atoms with Crippen molar-refractivity contribution in [3.8, 4) is 22.5 Å². The smallest absolute Gasteiger partial charge is 0.143 e. The molecule has 3 heterocycles. The van der Waals surface area contributed by atoms with Gasteiger partial charge in [-0.1, -0.05) is 116 Å². The van der Waals surface area contributed by atoms with Gasteiger partial charge >= 0.3 is 0 Å². The van der Waals surface area contributed by atoms with Crippen molar-refractivity contribution in [1.29, 1.82) is 0 Å². The van der Waals surface area contributed by atoms with Crippen molar-refractivity contribution in [3.63, 3.8) is 0 Å². The Kier molecular flexibility index (Phi) is 6.29. The number of hydrogen-bond donors (Lipinski definition) is 0. The summed E-state index contributed by atoms with van der Waals surface area (Å²) in [4.78, 5) is 14.5. The van der Waals surface area contributed by atoms with Crippen LogP contribution >= 0.6 is 11.3 Å². The van der Waals surface area contributed by atoms with Crippen molar-refractivity contribution >= 4 is 71.6 Å². The van der Waals surface area contributed by atoms with Crippen LogP contribution in [-0.4, -0.2) is 16.0 Å². The number of aromatic nitrogens is 2. The molecule has 11 rings (SSSR count). The number of anilines is 2. The van der Waals surface area contributed by atoms with Crippen LogP contribution < -0.4 is 4.90 Å². The fourth-order valence-electron chi connectivity index (χ4n) is 8.71. The van der Waals surface area contributed by atoms with E-state index in [1.807, 2.05) is 0 Å². The third-order valence-electron chi connectivity index (χ3n) is 11.2. The Morgan fingerprint density at radius 1 is 0.706 bits per heavy atom. The Morgan fingerprint density at radius 3 is 2.55 bits per heavy atom. The minimum absolute atomic E-state index is 0.256. The van der Waals surface area contributed by atoms with Gasteiger partial charge in [0.2, 0.25) is 0 Å². The summed E-state index contributed by atoms with van der Waals surface area (Å²) in [7, 11) is 0. The van der Waals surface area contributed by atoms with E-state index in [1.54, 1.807) is 11.3 Å². The molecular weight excluding hydrogens is 639 g/mol. The van der Waals surface area contributed by atoms with Crippen molar-refractivity contribution in [1.82, 2.24) is 9.97 Å². The molecule has 0 N–H and O–H groups in total. The lowest BCUT2D eigenvalue weighted by Crippen LogP contribution is -2.30. The molecular formula is C47H33N3S. The Labute approximate surface area is 300 Å². The average molecular weight is 672 g/mol. The maximum absolute atomic E-state index is 5.48. The normalized spacial score (nSPS) is 17.4. The van der Waals surface area contributed by atoms with Crippen LogP contribution in [0, 0.1) is 0 Å². The third kappa shape index (κ3) is 4.43. The molecule has 0 amide bonds. The lowest BCUT2D eigenvalue weighted by molar-refractivity contribution is 0.772. The number of rotatable bonds is 3. The lowest BCUT2D eigenvalue weighted by Gasteiger charge is -2.31. The van der Waals surface area contributed by atoms with Crippen LogP contribution in [0.2, 0.25) is 0 Å². The van der Waals surface area contributed by atoms with Crippen molar-refractivity contribution in [3.05, 3.63) is 161 Å². The predicted molar refractivity (Wildman–Crippen MR) is 216 cm³/mol. The van der Waals surface area contributed by atoms with Gasteiger partial charge in [0.05, 0.1) is 17.4 Å². The second-order valence-corrected chi connectivity index (χ2v) is 15.2. The Bertz CT molecular complexity index is 2800. The standard InChI is InChI=1S/C47H33N3S/c1-28-10-8-13-29-20-21-33(26-39(28)29)44-45(49-47-46(48-44)38-16-5-7-19-43(38)51-47)37-17-9-14-32-24-34(22-23-35(32)37)50-41-18-6-4-15-36(41)40-25-30-11-2-3-12-31(30)27-42(40)50/h2-9,11-26,28,42H,10,27H2,1H3. The molecule has 8 aromatic rings. The minimum Gasteiger partial charge on any atom is -0.333 e.